The number of hydrogen-bond donors (Lipinski definition) is 2. The molecule has 0 spiro atoms. The van der Waals surface area contributed by atoms with E-state index in [1.54, 1.807) is 0 Å². The second kappa shape index (κ2) is 9.42. The van der Waals surface area contributed by atoms with Gasteiger partial charge < -0.3 is 20.1 Å². The Bertz CT molecular complexity index is 1160. The summed E-state index contributed by atoms with van der Waals surface area (Å²) in [6.45, 7) is 8.21. The molecule has 0 unspecified atom stereocenters. The Labute approximate surface area is 188 Å². The molecule has 0 radical (unpaired) electrons. The number of aromatic nitrogens is 2. The summed E-state index contributed by atoms with van der Waals surface area (Å²) in [5, 5.41) is 5.99. The maximum Gasteiger partial charge on any atom is 0.319 e. The molecule has 1 aromatic heterocycles. The van der Waals surface area contributed by atoms with Gasteiger partial charge >= 0.3 is 6.03 Å². The Hall–Kier alpha value is -3.35. The van der Waals surface area contributed by atoms with Crippen LogP contribution in [0.5, 0.6) is 0 Å². The number of aryl methyl sites for hydroxylation is 1. The number of carbonyl (C=O) groups excluding carboxylic acids is 1. The van der Waals surface area contributed by atoms with Crippen molar-refractivity contribution in [1.29, 1.82) is 0 Å². The summed E-state index contributed by atoms with van der Waals surface area (Å²) in [4.78, 5) is 32.5. The number of anilines is 2. The first-order chi connectivity index (χ1) is 15.4. The van der Waals surface area contributed by atoms with Crippen LogP contribution in [-0.4, -0.2) is 34.7 Å². The molecule has 0 atom stereocenters. The number of nitrogens with zero attached hydrogens (tertiary/aromatic N) is 3. The highest BCUT2D eigenvalue weighted by Gasteiger charge is 2.25. The highest BCUT2D eigenvalue weighted by Crippen LogP contribution is 2.20. The Morgan fingerprint density at radius 1 is 1.09 bits per heavy atom. The Balaban J connectivity index is 1.45. The second-order valence-corrected chi connectivity index (χ2v) is 8.91. The molecule has 1 saturated heterocycles. The van der Waals surface area contributed by atoms with Gasteiger partial charge in [-0.2, -0.15) is 0 Å². The summed E-state index contributed by atoms with van der Waals surface area (Å²) >= 11 is 0. The highest BCUT2D eigenvalue weighted by molar-refractivity contribution is 5.90. The Morgan fingerprint density at radius 2 is 1.78 bits per heavy atom. The van der Waals surface area contributed by atoms with Gasteiger partial charge in [0.15, 0.2) is 5.82 Å². The van der Waals surface area contributed by atoms with E-state index in [1.165, 1.54) is 0 Å². The van der Waals surface area contributed by atoms with Crippen molar-refractivity contribution in [3.8, 4) is 0 Å². The van der Waals surface area contributed by atoms with E-state index in [0.717, 1.165) is 35.1 Å². The summed E-state index contributed by atoms with van der Waals surface area (Å²) < 4.78 is 1.85. The number of rotatable bonds is 5. The molecule has 0 saturated carbocycles. The van der Waals surface area contributed by atoms with Crippen LogP contribution in [0, 0.1) is 12.8 Å². The minimum absolute atomic E-state index is 0.0406. The van der Waals surface area contributed by atoms with E-state index in [1.807, 2.05) is 60.0 Å². The standard InChI is InChI=1S/C25H31N5O2/c1-17(2)16-30-22-11-7-6-10-21(22)27-23(24(30)31)29-14-12-19(13-15-29)26-25(32)28-20-9-5-4-8-18(20)3/h4-11,17,19H,12-16H2,1-3H3,(H2,26,28,32). The van der Waals surface area contributed by atoms with Crippen molar-refractivity contribution in [2.24, 2.45) is 5.92 Å². The normalized spacial score (nSPS) is 14.7. The first kappa shape index (κ1) is 21.9. The van der Waals surface area contributed by atoms with Crippen molar-refractivity contribution >= 4 is 28.6 Å². The number of nitrogens with one attached hydrogen (secondary N) is 2. The number of fused-ring (bicyclic) bond motifs is 1. The lowest BCUT2D eigenvalue weighted by Crippen LogP contribution is -2.47. The number of hydrogen-bond acceptors (Lipinski definition) is 4. The molecule has 2 heterocycles. The van der Waals surface area contributed by atoms with E-state index >= 15 is 0 Å². The van der Waals surface area contributed by atoms with Crippen molar-refractivity contribution in [2.75, 3.05) is 23.3 Å². The average molecular weight is 434 g/mol. The molecule has 7 nitrogen and oxygen atoms in total. The molecule has 1 aliphatic heterocycles. The molecule has 2 N–H and O–H groups in total. The van der Waals surface area contributed by atoms with Gasteiger partial charge in [0, 0.05) is 31.4 Å². The van der Waals surface area contributed by atoms with E-state index in [0.29, 0.717) is 31.4 Å². The molecule has 1 fully saturated rings. The first-order valence-electron chi connectivity index (χ1n) is 11.3. The van der Waals surface area contributed by atoms with E-state index in [9.17, 15) is 9.59 Å². The Kier molecular flexibility index (Phi) is 6.44. The molecule has 4 rings (SSSR count). The topological polar surface area (TPSA) is 79.3 Å². The number of amides is 2. The van der Waals surface area contributed by atoms with Gasteiger partial charge in [-0.15, -0.1) is 0 Å². The van der Waals surface area contributed by atoms with E-state index in [-0.39, 0.29) is 17.6 Å². The van der Waals surface area contributed by atoms with Gasteiger partial charge in [0.1, 0.15) is 0 Å². The van der Waals surface area contributed by atoms with E-state index in [4.69, 9.17) is 4.98 Å². The van der Waals surface area contributed by atoms with Crippen LogP contribution in [0.25, 0.3) is 11.0 Å². The van der Waals surface area contributed by atoms with Gasteiger partial charge in [0.25, 0.3) is 5.56 Å². The lowest BCUT2D eigenvalue weighted by molar-refractivity contribution is 0.246. The summed E-state index contributed by atoms with van der Waals surface area (Å²) in [7, 11) is 0. The van der Waals surface area contributed by atoms with E-state index < -0.39 is 0 Å². The molecule has 2 amide bonds. The van der Waals surface area contributed by atoms with Gasteiger partial charge in [0.05, 0.1) is 11.0 Å². The highest BCUT2D eigenvalue weighted by atomic mass is 16.2. The molecule has 2 aromatic carbocycles. The zero-order valence-corrected chi connectivity index (χ0v) is 19.0. The molecule has 1 aliphatic rings. The van der Waals surface area contributed by atoms with Crippen molar-refractivity contribution < 1.29 is 4.79 Å². The van der Waals surface area contributed by atoms with Gasteiger partial charge in [-0.1, -0.05) is 44.2 Å². The van der Waals surface area contributed by atoms with Crippen molar-refractivity contribution in [2.45, 2.75) is 46.2 Å². The maximum absolute atomic E-state index is 13.3. The van der Waals surface area contributed by atoms with Crippen molar-refractivity contribution in [3.63, 3.8) is 0 Å². The molecule has 0 bridgehead atoms. The summed E-state index contributed by atoms with van der Waals surface area (Å²) in [6, 6.07) is 15.4. The third-order valence-electron chi connectivity index (χ3n) is 5.91. The zero-order chi connectivity index (χ0) is 22.7. The van der Waals surface area contributed by atoms with Crippen LogP contribution in [0.15, 0.2) is 53.3 Å². The average Bonchev–Trinajstić information content (AvgIpc) is 2.77. The van der Waals surface area contributed by atoms with Gasteiger partial charge in [-0.05, 0) is 49.4 Å². The maximum atomic E-state index is 13.3. The number of piperidine rings is 1. The van der Waals surface area contributed by atoms with Gasteiger partial charge in [-0.25, -0.2) is 9.78 Å². The Morgan fingerprint density at radius 3 is 2.50 bits per heavy atom. The van der Waals surface area contributed by atoms with Crippen molar-refractivity contribution in [1.82, 2.24) is 14.9 Å². The van der Waals surface area contributed by atoms with Crippen molar-refractivity contribution in [3.05, 3.63) is 64.4 Å². The lowest BCUT2D eigenvalue weighted by Gasteiger charge is -2.33. The number of carbonyl (C=O) groups is 1. The van der Waals surface area contributed by atoms with E-state index in [2.05, 4.69) is 29.4 Å². The fourth-order valence-corrected chi connectivity index (χ4v) is 4.22. The van der Waals surface area contributed by atoms with Crippen LogP contribution < -0.4 is 21.1 Å². The third kappa shape index (κ3) is 4.77. The summed E-state index contributed by atoms with van der Waals surface area (Å²) in [5.74, 6) is 0.861. The largest absolute Gasteiger partial charge is 0.352 e. The minimum atomic E-state index is -0.194. The third-order valence-corrected chi connectivity index (χ3v) is 5.91. The summed E-state index contributed by atoms with van der Waals surface area (Å²) in [5.41, 5.74) is 3.51. The number of benzene rings is 2. The molecule has 7 heteroatoms. The van der Waals surface area contributed by atoms with Crippen LogP contribution >= 0.6 is 0 Å². The molecule has 0 aliphatic carbocycles. The SMILES string of the molecule is Cc1ccccc1NC(=O)NC1CCN(c2nc3ccccc3n(CC(C)C)c2=O)CC1. The van der Waals surface area contributed by atoms with Crippen LogP contribution in [0.4, 0.5) is 16.3 Å². The van der Waals surface area contributed by atoms with Crippen LogP contribution in [-0.2, 0) is 6.54 Å². The van der Waals surface area contributed by atoms with Gasteiger partial charge in [0.2, 0.25) is 0 Å². The van der Waals surface area contributed by atoms with Crippen LogP contribution in [0.2, 0.25) is 0 Å². The zero-order valence-electron chi connectivity index (χ0n) is 19.0. The molecular weight excluding hydrogens is 402 g/mol. The van der Waals surface area contributed by atoms with Crippen LogP contribution in [0.1, 0.15) is 32.3 Å². The molecule has 168 valence electrons. The van der Waals surface area contributed by atoms with Gasteiger partial charge in [-0.3, -0.25) is 4.79 Å². The smallest absolute Gasteiger partial charge is 0.319 e. The number of urea groups is 1. The molecular formula is C25H31N5O2. The predicted octanol–water partition coefficient (Wildman–Crippen LogP) is 4.15. The van der Waals surface area contributed by atoms with Crippen LogP contribution in [0.3, 0.4) is 0 Å². The summed E-state index contributed by atoms with van der Waals surface area (Å²) in [6.07, 6.45) is 1.53. The lowest BCUT2D eigenvalue weighted by atomic mass is 10.1. The monoisotopic (exact) mass is 433 g/mol. The second-order valence-electron chi connectivity index (χ2n) is 8.91. The predicted molar refractivity (Wildman–Crippen MR) is 129 cm³/mol. The minimum Gasteiger partial charge on any atom is -0.352 e. The first-order valence-corrected chi connectivity index (χ1v) is 11.3. The fourth-order valence-electron chi connectivity index (χ4n) is 4.22. The quantitative estimate of drug-likeness (QED) is 0.634. The number of para-hydroxylation sites is 3. The fraction of sp³-hybridized carbons (Fsp3) is 0.400. The molecule has 32 heavy (non-hydrogen) atoms. The molecule has 3 aromatic rings.